The van der Waals surface area contributed by atoms with Gasteiger partial charge in [-0.1, -0.05) is 36.4 Å². The zero-order chi connectivity index (χ0) is 15.2. The van der Waals surface area contributed by atoms with Crippen LogP contribution in [0.4, 0.5) is 11.4 Å². The summed E-state index contributed by atoms with van der Waals surface area (Å²) in [6.07, 6.45) is 0. The smallest absolute Gasteiger partial charge is 0.292 e. The number of anilines is 1. The maximum absolute atomic E-state index is 11.0. The van der Waals surface area contributed by atoms with E-state index in [2.05, 4.69) is 31.5 Å². The molecule has 21 heavy (non-hydrogen) atoms. The summed E-state index contributed by atoms with van der Waals surface area (Å²) in [6, 6.07) is 14.9. The van der Waals surface area contributed by atoms with Crippen molar-refractivity contribution in [3.8, 4) is 0 Å². The molecule has 0 spiro atoms. The highest BCUT2D eigenvalue weighted by Crippen LogP contribution is 2.24. The summed E-state index contributed by atoms with van der Waals surface area (Å²) in [5.74, 6) is 0. The molecule has 2 rings (SSSR count). The van der Waals surface area contributed by atoms with Crippen LogP contribution in [-0.2, 0) is 13.1 Å². The van der Waals surface area contributed by atoms with Gasteiger partial charge in [-0.2, -0.15) is 0 Å². The standard InChI is InChI=1S/C16H19N3O2/c1-18(2)12-14-8-4-3-7-13(14)11-17-15-9-5-6-10-16(15)19(20)21/h3-10,17H,11-12H2,1-2H3/p+1. The summed E-state index contributed by atoms with van der Waals surface area (Å²) in [5, 5.41) is 14.2. The second-order valence-corrected chi connectivity index (χ2v) is 5.28. The van der Waals surface area contributed by atoms with Crippen LogP contribution >= 0.6 is 0 Å². The fourth-order valence-electron chi connectivity index (χ4n) is 2.26. The molecule has 0 saturated heterocycles. The molecule has 0 unspecified atom stereocenters. The summed E-state index contributed by atoms with van der Waals surface area (Å²) in [5.41, 5.74) is 3.07. The summed E-state index contributed by atoms with van der Waals surface area (Å²) < 4.78 is 0. The number of quaternary nitrogens is 1. The average Bonchev–Trinajstić information content (AvgIpc) is 2.46. The van der Waals surface area contributed by atoms with Crippen molar-refractivity contribution in [1.29, 1.82) is 0 Å². The van der Waals surface area contributed by atoms with Gasteiger partial charge in [0.2, 0.25) is 0 Å². The van der Waals surface area contributed by atoms with Crippen molar-refractivity contribution in [2.24, 2.45) is 0 Å². The van der Waals surface area contributed by atoms with Crippen LogP contribution in [-0.4, -0.2) is 19.0 Å². The van der Waals surface area contributed by atoms with Crippen molar-refractivity contribution < 1.29 is 9.82 Å². The van der Waals surface area contributed by atoms with Crippen LogP contribution in [0.25, 0.3) is 0 Å². The van der Waals surface area contributed by atoms with Gasteiger partial charge in [0.05, 0.1) is 19.0 Å². The van der Waals surface area contributed by atoms with E-state index in [0.29, 0.717) is 12.2 Å². The zero-order valence-electron chi connectivity index (χ0n) is 12.3. The first-order chi connectivity index (χ1) is 10.1. The third kappa shape index (κ3) is 4.03. The minimum atomic E-state index is -0.363. The topological polar surface area (TPSA) is 59.6 Å². The minimum absolute atomic E-state index is 0.105. The first-order valence-electron chi connectivity index (χ1n) is 6.91. The summed E-state index contributed by atoms with van der Waals surface area (Å²) in [4.78, 5) is 12.0. The van der Waals surface area contributed by atoms with Gasteiger partial charge in [-0.05, 0) is 11.6 Å². The van der Waals surface area contributed by atoms with Gasteiger partial charge in [-0.15, -0.1) is 0 Å². The first kappa shape index (κ1) is 15.0. The number of hydrogen-bond donors (Lipinski definition) is 2. The maximum Gasteiger partial charge on any atom is 0.292 e. The van der Waals surface area contributed by atoms with Gasteiger partial charge in [0.1, 0.15) is 12.2 Å². The molecule has 0 fully saturated rings. The molecule has 0 aromatic heterocycles. The summed E-state index contributed by atoms with van der Waals surface area (Å²) >= 11 is 0. The monoisotopic (exact) mass is 286 g/mol. The van der Waals surface area contributed by atoms with E-state index in [4.69, 9.17) is 0 Å². The predicted octanol–water partition coefficient (Wildman–Crippen LogP) is 1.85. The van der Waals surface area contributed by atoms with Gasteiger partial charge in [0, 0.05) is 18.2 Å². The molecule has 0 bridgehead atoms. The minimum Gasteiger partial charge on any atom is -0.375 e. The van der Waals surface area contributed by atoms with Crippen LogP contribution in [0.3, 0.4) is 0 Å². The van der Waals surface area contributed by atoms with E-state index in [1.807, 2.05) is 12.1 Å². The van der Waals surface area contributed by atoms with E-state index in [1.165, 1.54) is 16.5 Å². The molecule has 0 heterocycles. The Balaban J connectivity index is 2.15. The van der Waals surface area contributed by atoms with Crippen molar-refractivity contribution in [2.45, 2.75) is 13.1 Å². The largest absolute Gasteiger partial charge is 0.375 e. The number of nitro groups is 1. The van der Waals surface area contributed by atoms with Gasteiger partial charge in [-0.25, -0.2) is 0 Å². The highest BCUT2D eigenvalue weighted by molar-refractivity contribution is 5.61. The molecule has 0 aliphatic rings. The Labute approximate surface area is 124 Å². The Kier molecular flexibility index (Phi) is 4.90. The van der Waals surface area contributed by atoms with Crippen LogP contribution < -0.4 is 10.2 Å². The Bertz CT molecular complexity index is 626. The molecule has 0 amide bonds. The van der Waals surface area contributed by atoms with E-state index in [9.17, 15) is 10.1 Å². The summed E-state index contributed by atoms with van der Waals surface area (Å²) in [7, 11) is 4.21. The molecular weight excluding hydrogens is 266 g/mol. The molecule has 2 aromatic carbocycles. The van der Waals surface area contributed by atoms with Crippen molar-refractivity contribution in [3.63, 3.8) is 0 Å². The van der Waals surface area contributed by atoms with Crippen molar-refractivity contribution in [3.05, 3.63) is 69.8 Å². The molecule has 110 valence electrons. The third-order valence-electron chi connectivity index (χ3n) is 3.23. The highest BCUT2D eigenvalue weighted by Gasteiger charge is 2.12. The first-order valence-corrected chi connectivity index (χ1v) is 6.91. The van der Waals surface area contributed by atoms with Crippen molar-refractivity contribution in [2.75, 3.05) is 19.4 Å². The van der Waals surface area contributed by atoms with Crippen LogP contribution in [0.5, 0.6) is 0 Å². The van der Waals surface area contributed by atoms with E-state index >= 15 is 0 Å². The van der Waals surface area contributed by atoms with Gasteiger partial charge >= 0.3 is 0 Å². The third-order valence-corrected chi connectivity index (χ3v) is 3.23. The Morgan fingerprint density at radius 3 is 2.33 bits per heavy atom. The summed E-state index contributed by atoms with van der Waals surface area (Å²) in [6.45, 7) is 1.50. The number of nitrogens with one attached hydrogen (secondary N) is 2. The number of nitro benzene ring substituents is 1. The molecular formula is C16H20N3O2+. The lowest BCUT2D eigenvalue weighted by Crippen LogP contribution is -3.04. The fourth-order valence-corrected chi connectivity index (χ4v) is 2.26. The molecule has 0 aliphatic heterocycles. The van der Waals surface area contributed by atoms with Crippen LogP contribution in [0.2, 0.25) is 0 Å². The van der Waals surface area contributed by atoms with E-state index in [1.54, 1.807) is 18.2 Å². The second-order valence-electron chi connectivity index (χ2n) is 5.28. The lowest BCUT2D eigenvalue weighted by Gasteiger charge is -2.13. The number of para-hydroxylation sites is 2. The Morgan fingerprint density at radius 1 is 1.05 bits per heavy atom. The number of hydrogen-bond acceptors (Lipinski definition) is 3. The van der Waals surface area contributed by atoms with Gasteiger partial charge in [-0.3, -0.25) is 10.1 Å². The average molecular weight is 286 g/mol. The fraction of sp³-hybridized carbons (Fsp3) is 0.250. The van der Waals surface area contributed by atoms with E-state index < -0.39 is 0 Å². The van der Waals surface area contributed by atoms with Gasteiger partial charge in [0.25, 0.3) is 5.69 Å². The lowest BCUT2D eigenvalue weighted by molar-refractivity contribution is -0.872. The second kappa shape index (κ2) is 6.85. The number of nitrogens with zero attached hydrogens (tertiary/aromatic N) is 1. The zero-order valence-corrected chi connectivity index (χ0v) is 12.3. The van der Waals surface area contributed by atoms with Gasteiger partial charge < -0.3 is 10.2 Å². The SMILES string of the molecule is C[NH+](C)Cc1ccccc1CNc1ccccc1[N+](=O)[O-]. The quantitative estimate of drug-likeness (QED) is 0.629. The molecule has 0 aliphatic carbocycles. The Morgan fingerprint density at radius 2 is 1.67 bits per heavy atom. The molecule has 0 saturated carbocycles. The van der Waals surface area contributed by atoms with E-state index in [0.717, 1.165) is 12.1 Å². The van der Waals surface area contributed by atoms with Crippen LogP contribution in [0.15, 0.2) is 48.5 Å². The number of rotatable bonds is 6. The predicted molar refractivity (Wildman–Crippen MR) is 83.4 cm³/mol. The van der Waals surface area contributed by atoms with E-state index in [-0.39, 0.29) is 10.6 Å². The van der Waals surface area contributed by atoms with Crippen LogP contribution in [0.1, 0.15) is 11.1 Å². The van der Waals surface area contributed by atoms with Crippen molar-refractivity contribution >= 4 is 11.4 Å². The molecule has 5 heteroatoms. The normalized spacial score (nSPS) is 10.6. The Hall–Kier alpha value is -2.40. The highest BCUT2D eigenvalue weighted by atomic mass is 16.6. The lowest BCUT2D eigenvalue weighted by atomic mass is 10.1. The van der Waals surface area contributed by atoms with Gasteiger partial charge in [0.15, 0.2) is 0 Å². The maximum atomic E-state index is 11.0. The molecule has 2 aromatic rings. The number of benzene rings is 2. The molecule has 0 radical (unpaired) electrons. The molecule has 0 atom stereocenters. The van der Waals surface area contributed by atoms with Crippen LogP contribution in [0, 0.1) is 10.1 Å². The molecule has 5 nitrogen and oxygen atoms in total. The van der Waals surface area contributed by atoms with Crippen molar-refractivity contribution in [1.82, 2.24) is 0 Å². The molecule has 2 N–H and O–H groups in total.